The Balaban J connectivity index is 1.57. The van der Waals surface area contributed by atoms with Crippen molar-refractivity contribution in [3.8, 4) is 5.75 Å². The quantitative estimate of drug-likeness (QED) is 0.216. The topological polar surface area (TPSA) is 177 Å². The van der Waals surface area contributed by atoms with Gasteiger partial charge < -0.3 is 36.4 Å². The zero-order valence-electron chi connectivity index (χ0n) is 22.8. The molecule has 12 heteroatoms. The summed E-state index contributed by atoms with van der Waals surface area (Å²) in [5.41, 5.74) is 2.09. The second kappa shape index (κ2) is 13.3. The lowest BCUT2D eigenvalue weighted by Gasteiger charge is -2.29. The molecule has 2 unspecified atom stereocenters. The van der Waals surface area contributed by atoms with Crippen LogP contribution < -0.4 is 21.3 Å². The van der Waals surface area contributed by atoms with Gasteiger partial charge in [-0.05, 0) is 48.4 Å². The summed E-state index contributed by atoms with van der Waals surface area (Å²) in [5, 5.41) is 29.4. The van der Waals surface area contributed by atoms with Crippen LogP contribution in [0.4, 0.5) is 16.2 Å². The van der Waals surface area contributed by atoms with Crippen molar-refractivity contribution >= 4 is 41.1 Å². The molecule has 1 heterocycles. The average molecular weight is 574 g/mol. The Morgan fingerprint density at radius 3 is 2.38 bits per heavy atom. The normalized spacial score (nSPS) is 15.1. The molecule has 42 heavy (non-hydrogen) atoms. The number of hydrogen-bond donors (Lipinski definition) is 6. The van der Waals surface area contributed by atoms with Crippen LogP contribution in [0.3, 0.4) is 0 Å². The Kier molecular flexibility index (Phi) is 9.38. The number of urea groups is 1. The van der Waals surface area contributed by atoms with Gasteiger partial charge in [-0.15, -0.1) is 0 Å². The predicted molar refractivity (Wildman–Crippen MR) is 154 cm³/mol. The number of aliphatic carboxylic acids is 1. The first-order chi connectivity index (χ1) is 20.1. The molecule has 6 N–H and O–H groups in total. The van der Waals surface area contributed by atoms with Crippen molar-refractivity contribution in [2.24, 2.45) is 0 Å². The second-order valence-electron chi connectivity index (χ2n) is 9.93. The summed E-state index contributed by atoms with van der Waals surface area (Å²) in [5.74, 6) is -2.88. The summed E-state index contributed by atoms with van der Waals surface area (Å²) >= 11 is 0. The van der Waals surface area contributed by atoms with Gasteiger partial charge in [0, 0.05) is 24.7 Å². The number of aromatic hydroxyl groups is 1. The molecule has 0 saturated carbocycles. The molecule has 12 nitrogen and oxygen atoms in total. The Morgan fingerprint density at radius 1 is 0.976 bits per heavy atom. The fourth-order valence-electron chi connectivity index (χ4n) is 4.54. The first kappa shape index (κ1) is 29.6. The fourth-order valence-corrected chi connectivity index (χ4v) is 4.54. The maximum atomic E-state index is 13.9. The number of phenols is 1. The summed E-state index contributed by atoms with van der Waals surface area (Å²) < 4.78 is 0. The number of carboxylic acid groups (broad SMARTS) is 1. The molecule has 0 fully saturated rings. The van der Waals surface area contributed by atoms with Gasteiger partial charge in [-0.25, -0.2) is 4.79 Å². The van der Waals surface area contributed by atoms with Crippen LogP contribution in [0.25, 0.3) is 0 Å². The van der Waals surface area contributed by atoms with Gasteiger partial charge in [0.25, 0.3) is 5.91 Å². The molecule has 218 valence electrons. The van der Waals surface area contributed by atoms with Crippen molar-refractivity contribution < 1.29 is 34.2 Å². The lowest BCUT2D eigenvalue weighted by molar-refractivity contribution is -0.137. The largest absolute Gasteiger partial charge is 0.508 e. The van der Waals surface area contributed by atoms with Gasteiger partial charge in [0.05, 0.1) is 17.7 Å². The molecule has 0 saturated heterocycles. The standard InChI is InChI=1S/C30H31N5O7/c1-18(13-27(38)39)32-26(37)17-35-25(14-19-7-10-22(36)11-8-19)28(40)34-24-12-9-21(15-23(24)29(35)41)33-30(42)31-16-20-5-3-2-4-6-20/h2-12,15,18,25,36H,13-14,16-17H2,1H3,(H,32,37)(H,34,40)(H,38,39)(H2,31,33,42). The predicted octanol–water partition coefficient (Wildman–Crippen LogP) is 2.70. The zero-order chi connectivity index (χ0) is 30.2. The number of amides is 5. The number of hydrogen-bond acceptors (Lipinski definition) is 6. The number of anilines is 2. The van der Waals surface area contributed by atoms with Crippen molar-refractivity contribution in [3.05, 3.63) is 89.5 Å². The second-order valence-corrected chi connectivity index (χ2v) is 9.93. The van der Waals surface area contributed by atoms with Crippen molar-refractivity contribution in [1.29, 1.82) is 0 Å². The van der Waals surface area contributed by atoms with Gasteiger partial charge in [-0.3, -0.25) is 19.2 Å². The number of carboxylic acids is 1. The van der Waals surface area contributed by atoms with E-state index in [1.165, 1.54) is 31.2 Å². The lowest BCUT2D eigenvalue weighted by Crippen LogP contribution is -2.51. The van der Waals surface area contributed by atoms with Crippen LogP contribution in [-0.4, -0.2) is 63.5 Å². The minimum Gasteiger partial charge on any atom is -0.508 e. The van der Waals surface area contributed by atoms with Crippen LogP contribution in [0.15, 0.2) is 72.8 Å². The maximum absolute atomic E-state index is 13.9. The number of carbonyl (C=O) groups excluding carboxylic acids is 4. The third kappa shape index (κ3) is 7.84. The minimum atomic E-state index is -1.11. The van der Waals surface area contributed by atoms with Gasteiger partial charge in [-0.2, -0.15) is 0 Å². The van der Waals surface area contributed by atoms with Crippen molar-refractivity contribution in [2.75, 3.05) is 17.2 Å². The molecule has 0 aliphatic carbocycles. The van der Waals surface area contributed by atoms with E-state index in [-0.39, 0.29) is 36.4 Å². The van der Waals surface area contributed by atoms with E-state index in [4.69, 9.17) is 5.11 Å². The fraction of sp³-hybridized carbons (Fsp3) is 0.233. The molecule has 5 amide bonds. The molecule has 3 aromatic rings. The van der Waals surface area contributed by atoms with E-state index >= 15 is 0 Å². The number of fused-ring (bicyclic) bond motifs is 1. The average Bonchev–Trinajstić information content (AvgIpc) is 3.03. The smallest absolute Gasteiger partial charge is 0.319 e. The van der Waals surface area contributed by atoms with Gasteiger partial charge >= 0.3 is 12.0 Å². The molecule has 1 aliphatic heterocycles. The Bertz CT molecular complexity index is 1480. The molecule has 0 bridgehead atoms. The summed E-state index contributed by atoms with van der Waals surface area (Å²) in [7, 11) is 0. The van der Waals surface area contributed by atoms with Gasteiger partial charge in [0.15, 0.2) is 0 Å². The number of rotatable bonds is 10. The molecule has 0 spiro atoms. The maximum Gasteiger partial charge on any atom is 0.319 e. The van der Waals surface area contributed by atoms with E-state index in [0.717, 1.165) is 10.5 Å². The monoisotopic (exact) mass is 573 g/mol. The van der Waals surface area contributed by atoms with E-state index < -0.39 is 48.4 Å². The summed E-state index contributed by atoms with van der Waals surface area (Å²) in [6, 6.07) is 17.6. The third-order valence-electron chi connectivity index (χ3n) is 6.57. The molecule has 2 atom stereocenters. The Morgan fingerprint density at radius 2 is 1.69 bits per heavy atom. The number of carbonyl (C=O) groups is 5. The van der Waals surface area contributed by atoms with E-state index in [9.17, 15) is 29.1 Å². The van der Waals surface area contributed by atoms with Crippen LogP contribution in [0, 0.1) is 0 Å². The number of nitrogens with one attached hydrogen (secondary N) is 4. The van der Waals surface area contributed by atoms with Crippen molar-refractivity contribution in [2.45, 2.75) is 38.4 Å². The summed E-state index contributed by atoms with van der Waals surface area (Å²) in [4.78, 5) is 64.8. The van der Waals surface area contributed by atoms with Crippen LogP contribution in [-0.2, 0) is 27.3 Å². The van der Waals surface area contributed by atoms with Crippen LogP contribution in [0.5, 0.6) is 5.75 Å². The Hall–Kier alpha value is -5.39. The SMILES string of the molecule is CC(CC(=O)O)NC(=O)CN1C(=O)c2cc(NC(=O)NCc3ccccc3)ccc2NC(=O)C1Cc1ccc(O)cc1. The van der Waals surface area contributed by atoms with E-state index in [1.807, 2.05) is 30.3 Å². The summed E-state index contributed by atoms with van der Waals surface area (Å²) in [6.45, 7) is 1.29. The highest BCUT2D eigenvalue weighted by Crippen LogP contribution is 2.28. The molecular weight excluding hydrogens is 542 g/mol. The first-order valence-corrected chi connectivity index (χ1v) is 13.2. The zero-order valence-corrected chi connectivity index (χ0v) is 22.8. The minimum absolute atomic E-state index is 0.0315. The number of benzene rings is 3. The third-order valence-corrected chi connectivity index (χ3v) is 6.57. The van der Waals surface area contributed by atoms with Crippen LogP contribution in [0.2, 0.25) is 0 Å². The van der Waals surface area contributed by atoms with Crippen molar-refractivity contribution in [1.82, 2.24) is 15.5 Å². The van der Waals surface area contributed by atoms with Crippen LogP contribution >= 0.6 is 0 Å². The molecule has 4 rings (SSSR count). The molecular formula is C30H31N5O7. The summed E-state index contributed by atoms with van der Waals surface area (Å²) in [6.07, 6.45) is -0.280. The highest BCUT2D eigenvalue weighted by Gasteiger charge is 2.37. The van der Waals surface area contributed by atoms with E-state index in [1.54, 1.807) is 18.2 Å². The van der Waals surface area contributed by atoms with Gasteiger partial charge in [0.1, 0.15) is 18.3 Å². The van der Waals surface area contributed by atoms with Gasteiger partial charge in [-0.1, -0.05) is 42.5 Å². The molecule has 1 aliphatic rings. The first-order valence-electron chi connectivity index (χ1n) is 13.2. The van der Waals surface area contributed by atoms with Crippen molar-refractivity contribution in [3.63, 3.8) is 0 Å². The number of nitrogens with zero attached hydrogens (tertiary/aromatic N) is 1. The van der Waals surface area contributed by atoms with E-state index in [2.05, 4.69) is 21.3 Å². The van der Waals surface area contributed by atoms with Crippen LogP contribution in [0.1, 0.15) is 34.8 Å². The highest BCUT2D eigenvalue weighted by molar-refractivity contribution is 6.11. The lowest BCUT2D eigenvalue weighted by atomic mass is 10.0. The Labute approximate surface area is 241 Å². The molecule has 0 aromatic heterocycles. The highest BCUT2D eigenvalue weighted by atomic mass is 16.4. The molecule has 3 aromatic carbocycles. The van der Waals surface area contributed by atoms with E-state index in [0.29, 0.717) is 11.3 Å². The number of phenolic OH excluding ortho intramolecular Hbond substituents is 1. The molecule has 0 radical (unpaired) electrons. The van der Waals surface area contributed by atoms with Gasteiger partial charge in [0.2, 0.25) is 11.8 Å².